The number of nitrogens with one attached hydrogen (secondary N) is 1. The van der Waals surface area contributed by atoms with E-state index < -0.39 is 0 Å². The normalized spacial score (nSPS) is 11.8. The van der Waals surface area contributed by atoms with Gasteiger partial charge in [0.25, 0.3) is 0 Å². The van der Waals surface area contributed by atoms with Crippen LogP contribution in [0.3, 0.4) is 0 Å². The third kappa shape index (κ3) is 8.06. The molecule has 0 saturated heterocycles. The van der Waals surface area contributed by atoms with Gasteiger partial charge in [-0.2, -0.15) is 0 Å². The molecule has 1 amide bonds. The fourth-order valence-corrected chi connectivity index (χ4v) is 0.959. The Morgan fingerprint density at radius 1 is 1.55 bits per heavy atom. The first kappa shape index (κ1) is 11.2. The maximum atomic E-state index is 11.1. The van der Waals surface area contributed by atoms with E-state index in [4.69, 9.17) is 0 Å². The lowest BCUT2D eigenvalue weighted by molar-refractivity contribution is -0.122. The van der Waals surface area contributed by atoms with Crippen LogP contribution in [-0.4, -0.2) is 35.0 Å². The first-order valence-corrected chi connectivity index (χ1v) is 4.54. The average molecular weight is 270 g/mol. The number of amides is 1. The highest BCUT2D eigenvalue weighted by Crippen LogP contribution is 2.10. The molecule has 0 rings (SSSR count). The molecule has 0 aromatic heterocycles. The first-order chi connectivity index (χ1) is 4.81. The quantitative estimate of drug-likeness (QED) is 0.468. The predicted octanol–water partition coefficient (Wildman–Crippen LogP) is 0.835. The van der Waals surface area contributed by atoms with Crippen LogP contribution in [0.15, 0.2) is 0 Å². The van der Waals surface area contributed by atoms with Gasteiger partial charge in [-0.15, -0.1) is 0 Å². The number of carbonyl (C=O) groups excluding carboxylic acids is 1. The molecule has 0 atom stereocenters. The van der Waals surface area contributed by atoms with Gasteiger partial charge in [-0.1, -0.05) is 22.6 Å². The molecule has 1 N–H and O–H groups in total. The van der Waals surface area contributed by atoms with Crippen molar-refractivity contribution in [3.63, 3.8) is 0 Å². The van der Waals surface area contributed by atoms with E-state index in [1.807, 2.05) is 32.8 Å². The van der Waals surface area contributed by atoms with Gasteiger partial charge in [-0.05, 0) is 27.9 Å². The van der Waals surface area contributed by atoms with Crippen LogP contribution in [-0.2, 0) is 4.79 Å². The SMILES string of the molecule is CN(C)CC(=O)NC(C)(C)I. The molecule has 0 spiro atoms. The highest BCUT2D eigenvalue weighted by Gasteiger charge is 2.15. The Balaban J connectivity index is 3.71. The molecule has 0 unspecified atom stereocenters. The molecule has 11 heavy (non-hydrogen) atoms. The molecule has 0 aromatic carbocycles. The van der Waals surface area contributed by atoms with Gasteiger partial charge in [0, 0.05) is 0 Å². The van der Waals surface area contributed by atoms with Crippen LogP contribution in [0.5, 0.6) is 0 Å². The standard InChI is InChI=1S/C7H15IN2O/c1-7(2,8)9-6(11)5-10(3)4/h5H2,1-4H3,(H,9,11). The topological polar surface area (TPSA) is 32.3 Å². The van der Waals surface area contributed by atoms with E-state index in [-0.39, 0.29) is 9.45 Å². The van der Waals surface area contributed by atoms with Gasteiger partial charge in [-0.25, -0.2) is 0 Å². The fourth-order valence-electron chi connectivity index (χ4n) is 0.658. The Hall–Kier alpha value is 0.160. The highest BCUT2D eigenvalue weighted by molar-refractivity contribution is 14.1. The summed E-state index contributed by atoms with van der Waals surface area (Å²) >= 11 is 2.19. The summed E-state index contributed by atoms with van der Waals surface area (Å²) in [6.45, 7) is 4.37. The second-order valence-electron chi connectivity index (χ2n) is 3.26. The summed E-state index contributed by atoms with van der Waals surface area (Å²) in [5.41, 5.74) is 0. The Labute approximate surface area is 81.7 Å². The van der Waals surface area contributed by atoms with Crippen molar-refractivity contribution in [3.8, 4) is 0 Å². The zero-order chi connectivity index (χ0) is 9.07. The molecule has 0 radical (unpaired) electrons. The summed E-state index contributed by atoms with van der Waals surface area (Å²) in [6.07, 6.45) is 0. The smallest absolute Gasteiger partial charge is 0.235 e. The number of halogens is 1. The van der Waals surface area contributed by atoms with Gasteiger partial charge in [0.2, 0.25) is 5.91 Å². The minimum Gasteiger partial charge on any atom is -0.341 e. The second kappa shape index (κ2) is 4.25. The van der Waals surface area contributed by atoms with Gasteiger partial charge >= 0.3 is 0 Å². The number of nitrogens with zero attached hydrogens (tertiary/aromatic N) is 1. The number of alkyl halides is 1. The molecule has 0 aromatic rings. The van der Waals surface area contributed by atoms with Gasteiger partial charge in [0.15, 0.2) is 0 Å². The van der Waals surface area contributed by atoms with E-state index in [1.54, 1.807) is 0 Å². The van der Waals surface area contributed by atoms with Gasteiger partial charge in [0.05, 0.1) is 10.1 Å². The van der Waals surface area contributed by atoms with E-state index in [9.17, 15) is 4.79 Å². The van der Waals surface area contributed by atoms with Crippen LogP contribution >= 0.6 is 22.6 Å². The number of hydrogen-bond donors (Lipinski definition) is 1. The van der Waals surface area contributed by atoms with Crippen LogP contribution in [0.4, 0.5) is 0 Å². The number of hydrogen-bond acceptors (Lipinski definition) is 2. The molecule has 0 aliphatic rings. The van der Waals surface area contributed by atoms with E-state index >= 15 is 0 Å². The molecule has 0 aliphatic heterocycles. The summed E-state index contributed by atoms with van der Waals surface area (Å²) in [4.78, 5) is 13.0. The number of carbonyl (C=O) groups is 1. The van der Waals surface area contributed by atoms with E-state index in [0.29, 0.717) is 6.54 Å². The first-order valence-electron chi connectivity index (χ1n) is 3.46. The van der Waals surface area contributed by atoms with E-state index in [1.165, 1.54) is 0 Å². The second-order valence-corrected chi connectivity index (χ2v) is 5.96. The molecule has 0 heterocycles. The summed E-state index contributed by atoms with van der Waals surface area (Å²) in [5.74, 6) is 0.0643. The zero-order valence-electron chi connectivity index (χ0n) is 7.44. The monoisotopic (exact) mass is 270 g/mol. The van der Waals surface area contributed by atoms with Crippen molar-refractivity contribution in [2.24, 2.45) is 0 Å². The van der Waals surface area contributed by atoms with E-state index in [0.717, 1.165) is 0 Å². The van der Waals surface area contributed by atoms with E-state index in [2.05, 4.69) is 27.9 Å². The van der Waals surface area contributed by atoms with Crippen molar-refractivity contribution < 1.29 is 4.79 Å². The Morgan fingerprint density at radius 2 is 2.00 bits per heavy atom. The predicted molar refractivity (Wildman–Crippen MR) is 54.8 cm³/mol. The molecule has 0 fully saturated rings. The van der Waals surface area contributed by atoms with Gasteiger partial charge in [0.1, 0.15) is 0 Å². The molecule has 4 heteroatoms. The van der Waals surface area contributed by atoms with Crippen LogP contribution < -0.4 is 5.32 Å². The maximum absolute atomic E-state index is 11.1. The van der Waals surface area contributed by atoms with Gasteiger partial charge in [-0.3, -0.25) is 4.79 Å². The average Bonchev–Trinajstić information content (AvgIpc) is 1.53. The number of likely N-dealkylation sites (N-methyl/N-ethyl adjacent to an activating group) is 1. The Kier molecular flexibility index (Phi) is 4.31. The van der Waals surface area contributed by atoms with Crippen molar-refractivity contribution in [3.05, 3.63) is 0 Å². The van der Waals surface area contributed by atoms with Crippen LogP contribution in [0.2, 0.25) is 0 Å². The zero-order valence-corrected chi connectivity index (χ0v) is 9.60. The molecule has 0 bridgehead atoms. The minimum absolute atomic E-state index is 0.0643. The highest BCUT2D eigenvalue weighted by atomic mass is 127. The lowest BCUT2D eigenvalue weighted by Gasteiger charge is -2.19. The lowest BCUT2D eigenvalue weighted by Crippen LogP contribution is -2.42. The molecule has 3 nitrogen and oxygen atoms in total. The van der Waals surface area contributed by atoms with Crippen LogP contribution in [0.25, 0.3) is 0 Å². The molecule has 0 aliphatic carbocycles. The summed E-state index contributed by atoms with van der Waals surface area (Å²) in [6, 6.07) is 0. The van der Waals surface area contributed by atoms with Gasteiger partial charge < -0.3 is 10.2 Å². The van der Waals surface area contributed by atoms with Crippen molar-refractivity contribution in [2.75, 3.05) is 20.6 Å². The van der Waals surface area contributed by atoms with Crippen LogP contribution in [0, 0.1) is 0 Å². The summed E-state index contributed by atoms with van der Waals surface area (Å²) < 4.78 is -0.148. The molecule has 0 saturated carbocycles. The lowest BCUT2D eigenvalue weighted by atomic mass is 10.4. The number of rotatable bonds is 3. The molecule has 66 valence electrons. The Bertz CT molecular complexity index is 140. The van der Waals surface area contributed by atoms with Crippen molar-refractivity contribution >= 4 is 28.5 Å². The van der Waals surface area contributed by atoms with Crippen LogP contribution in [0.1, 0.15) is 13.8 Å². The van der Waals surface area contributed by atoms with Crippen molar-refractivity contribution in [1.82, 2.24) is 10.2 Å². The van der Waals surface area contributed by atoms with Crippen molar-refractivity contribution in [1.29, 1.82) is 0 Å². The fraction of sp³-hybridized carbons (Fsp3) is 0.857. The summed E-state index contributed by atoms with van der Waals surface area (Å²) in [5, 5.41) is 2.86. The minimum atomic E-state index is -0.148. The third-order valence-electron chi connectivity index (χ3n) is 0.896. The molecular formula is C7H15IN2O. The largest absolute Gasteiger partial charge is 0.341 e. The third-order valence-corrected chi connectivity index (χ3v) is 1.17. The molecular weight excluding hydrogens is 255 g/mol. The van der Waals surface area contributed by atoms with Crippen molar-refractivity contribution in [2.45, 2.75) is 17.4 Å². The summed E-state index contributed by atoms with van der Waals surface area (Å²) in [7, 11) is 3.75. The Morgan fingerprint density at radius 3 is 2.27 bits per heavy atom. The maximum Gasteiger partial charge on any atom is 0.235 e.